The van der Waals surface area contributed by atoms with Gasteiger partial charge in [-0.2, -0.15) is 0 Å². The first kappa shape index (κ1) is 32.3. The van der Waals surface area contributed by atoms with Crippen LogP contribution in [-0.4, -0.2) is 11.8 Å². The van der Waals surface area contributed by atoms with E-state index in [0.717, 1.165) is 66.4 Å². The zero-order valence-corrected chi connectivity index (χ0v) is 32.9. The van der Waals surface area contributed by atoms with Crippen molar-refractivity contribution in [3.8, 4) is 16.8 Å². The summed E-state index contributed by atoms with van der Waals surface area (Å²) >= 11 is 1.87. The second-order valence-corrected chi connectivity index (χ2v) is 17.9. The summed E-state index contributed by atoms with van der Waals surface area (Å²) in [4.78, 5) is 0. The van der Waals surface area contributed by atoms with Crippen molar-refractivity contribution >= 4 is 127 Å². The van der Waals surface area contributed by atoms with Gasteiger partial charge in [0, 0.05) is 75.6 Å². The number of nitrogens with one attached hydrogen (secondary N) is 1. The molecule has 0 saturated carbocycles. The minimum absolute atomic E-state index is 0.0642. The predicted octanol–water partition coefficient (Wildman–Crippen LogP) is 13.6. The summed E-state index contributed by atoms with van der Waals surface area (Å²) in [5.74, 6) is 0. The van der Waals surface area contributed by atoms with Crippen molar-refractivity contribution < 1.29 is 8.83 Å². The second kappa shape index (κ2) is 11.4. The molecule has 0 saturated heterocycles. The third kappa shape index (κ3) is 4.46. The Hall–Kier alpha value is -6.76. The van der Waals surface area contributed by atoms with E-state index in [-0.39, 0.29) is 5.41 Å². The average Bonchev–Trinajstić information content (AvgIpc) is 3.99. The number of furan rings is 2. The van der Waals surface area contributed by atoms with E-state index in [9.17, 15) is 0 Å². The Labute approximate surface area is 338 Å². The van der Waals surface area contributed by atoms with Crippen LogP contribution >= 0.6 is 11.3 Å². The van der Waals surface area contributed by atoms with E-state index in [0.29, 0.717) is 0 Å². The minimum atomic E-state index is 0.0642. The molecule has 0 aliphatic carbocycles. The molecule has 0 fully saturated rings. The van der Waals surface area contributed by atoms with Gasteiger partial charge in [-0.1, -0.05) is 111 Å². The first-order valence-corrected chi connectivity index (χ1v) is 20.7. The molecule has 0 unspecified atom stereocenters. The molecule has 0 atom stereocenters. The van der Waals surface area contributed by atoms with Crippen molar-refractivity contribution in [3.63, 3.8) is 0 Å². The van der Waals surface area contributed by atoms with Gasteiger partial charge >= 0.3 is 0 Å². The molecule has 4 aromatic heterocycles. The molecule has 58 heavy (non-hydrogen) atoms. The van der Waals surface area contributed by atoms with Gasteiger partial charge in [-0.05, 0) is 82.0 Å². The number of fused-ring (bicyclic) bond motifs is 15. The quantitative estimate of drug-likeness (QED) is 0.182. The largest absolute Gasteiger partial charge is 0.456 e. The lowest BCUT2D eigenvalue weighted by molar-refractivity contribution is 0.590. The molecule has 1 aliphatic rings. The molecule has 5 heterocycles. The van der Waals surface area contributed by atoms with Gasteiger partial charge in [-0.25, -0.2) is 0 Å². The summed E-state index contributed by atoms with van der Waals surface area (Å²) in [5.41, 5.74) is 15.2. The Morgan fingerprint density at radius 3 is 2.12 bits per heavy atom. The number of nitrogens with zero attached hydrogens (tertiary/aromatic N) is 1. The Bertz CT molecular complexity index is 3720. The summed E-state index contributed by atoms with van der Waals surface area (Å²) in [6, 6.07) is 52.8. The average molecular weight is 762 g/mol. The molecule has 0 spiro atoms. The van der Waals surface area contributed by atoms with Crippen molar-refractivity contribution in [2.24, 2.45) is 0 Å². The maximum atomic E-state index is 6.51. The van der Waals surface area contributed by atoms with E-state index in [1.165, 1.54) is 64.2 Å². The third-order valence-corrected chi connectivity index (χ3v) is 13.5. The van der Waals surface area contributed by atoms with Crippen molar-refractivity contribution in [3.05, 3.63) is 151 Å². The molecule has 4 nitrogen and oxygen atoms in total. The molecule has 13 rings (SSSR count). The Morgan fingerprint density at radius 1 is 0.552 bits per heavy atom. The highest BCUT2D eigenvalue weighted by molar-refractivity contribution is 7.25. The molecule has 0 bridgehead atoms. The molecule has 1 aliphatic heterocycles. The van der Waals surface area contributed by atoms with Crippen LogP contribution in [0.4, 0.5) is 11.4 Å². The number of anilines is 2. The highest BCUT2D eigenvalue weighted by Crippen LogP contribution is 2.45. The van der Waals surface area contributed by atoms with Gasteiger partial charge < -0.3 is 18.7 Å². The van der Waals surface area contributed by atoms with E-state index >= 15 is 0 Å². The van der Waals surface area contributed by atoms with Crippen LogP contribution in [0.3, 0.4) is 0 Å². The fraction of sp³-hybridized carbons (Fsp3) is 0.0769. The van der Waals surface area contributed by atoms with E-state index in [4.69, 9.17) is 8.83 Å². The Kier molecular flexibility index (Phi) is 6.37. The Balaban J connectivity index is 1.13. The zero-order valence-electron chi connectivity index (χ0n) is 32.1. The summed E-state index contributed by atoms with van der Waals surface area (Å²) < 4.78 is 18.1. The number of hydrogen-bond donors (Lipinski definition) is 1. The van der Waals surface area contributed by atoms with Crippen molar-refractivity contribution in [2.75, 3.05) is 5.32 Å². The standard InChI is InChI=1S/C52H34BN2O2S/c1-52(2,3)28-16-18-29(19-17-28)54-39-26-45-36(30-10-4-7-13-42(30)57-45)24-35(39)32-20-21-34-48-40(22-23-44-49(48)33-12-5-8-14-43(33)56-44)55-41-27-47-37(25-38(41)53-50(32)51(34)55)31-11-6-9-15-46(31)58-47/h4-27,54H,1-3H3. The van der Waals surface area contributed by atoms with Crippen LogP contribution in [0, 0.1) is 0 Å². The third-order valence-electron chi connectivity index (χ3n) is 12.4. The van der Waals surface area contributed by atoms with Crippen molar-refractivity contribution in [1.82, 2.24) is 4.57 Å². The lowest BCUT2D eigenvalue weighted by atomic mass is 9.59. The van der Waals surface area contributed by atoms with Gasteiger partial charge in [0.05, 0.1) is 11.2 Å². The lowest BCUT2D eigenvalue weighted by Crippen LogP contribution is -2.37. The molecule has 12 aromatic rings. The molecule has 6 heteroatoms. The van der Waals surface area contributed by atoms with Crippen LogP contribution in [0.5, 0.6) is 0 Å². The number of rotatable bonds is 3. The van der Waals surface area contributed by atoms with Crippen LogP contribution in [-0.2, 0) is 5.41 Å². The topological polar surface area (TPSA) is 43.2 Å². The van der Waals surface area contributed by atoms with Crippen molar-refractivity contribution in [1.29, 1.82) is 0 Å². The maximum absolute atomic E-state index is 6.51. The highest BCUT2D eigenvalue weighted by Gasteiger charge is 2.29. The van der Waals surface area contributed by atoms with E-state index < -0.39 is 0 Å². The summed E-state index contributed by atoms with van der Waals surface area (Å²) in [7, 11) is 2.43. The first-order valence-electron chi connectivity index (χ1n) is 19.9. The number of benzene rings is 8. The van der Waals surface area contributed by atoms with Crippen LogP contribution in [0.15, 0.2) is 154 Å². The molecular weight excluding hydrogens is 727 g/mol. The first-order chi connectivity index (χ1) is 28.4. The fourth-order valence-corrected chi connectivity index (χ4v) is 10.7. The monoisotopic (exact) mass is 761 g/mol. The second-order valence-electron chi connectivity index (χ2n) is 16.8. The molecule has 1 N–H and O–H groups in total. The molecule has 273 valence electrons. The molecule has 0 amide bonds. The van der Waals surface area contributed by atoms with E-state index in [1.54, 1.807) is 0 Å². The molecular formula is C52H34BN2O2S. The zero-order chi connectivity index (χ0) is 38.4. The van der Waals surface area contributed by atoms with Gasteiger partial charge in [0.15, 0.2) is 7.28 Å². The minimum Gasteiger partial charge on any atom is -0.456 e. The van der Waals surface area contributed by atoms with Crippen LogP contribution in [0.2, 0.25) is 0 Å². The SMILES string of the molecule is CC(C)(C)c1ccc(Nc2cc3oc4ccccc4c3cc2-c2ccc3c4c5c(ccc4n4c3c2[B]c2cc3c(cc2-4)sc2ccccc23)oc2ccccc25)cc1. The van der Waals surface area contributed by atoms with Crippen LogP contribution < -0.4 is 16.2 Å². The van der Waals surface area contributed by atoms with Gasteiger partial charge in [0.2, 0.25) is 0 Å². The van der Waals surface area contributed by atoms with E-state index in [1.807, 2.05) is 17.4 Å². The van der Waals surface area contributed by atoms with Gasteiger partial charge in [-0.3, -0.25) is 0 Å². The normalized spacial score (nSPS) is 12.9. The smallest absolute Gasteiger partial charge is 0.197 e. The summed E-state index contributed by atoms with van der Waals surface area (Å²) in [5, 5.41) is 13.4. The number of thiophene rings is 1. The lowest BCUT2D eigenvalue weighted by Gasteiger charge is -2.24. The van der Waals surface area contributed by atoms with Crippen LogP contribution in [0.25, 0.3) is 103 Å². The summed E-state index contributed by atoms with van der Waals surface area (Å²) in [6.07, 6.45) is 0. The molecule has 1 radical (unpaired) electrons. The van der Waals surface area contributed by atoms with Gasteiger partial charge in [0.25, 0.3) is 0 Å². The van der Waals surface area contributed by atoms with Gasteiger partial charge in [-0.15, -0.1) is 11.3 Å². The summed E-state index contributed by atoms with van der Waals surface area (Å²) in [6.45, 7) is 6.76. The molecule has 8 aromatic carbocycles. The Morgan fingerprint density at radius 2 is 1.29 bits per heavy atom. The highest BCUT2D eigenvalue weighted by atomic mass is 32.1. The maximum Gasteiger partial charge on any atom is 0.197 e. The fourth-order valence-electron chi connectivity index (χ4n) is 9.62. The predicted molar refractivity (Wildman–Crippen MR) is 247 cm³/mol. The number of hydrogen-bond acceptors (Lipinski definition) is 4. The van der Waals surface area contributed by atoms with E-state index in [2.05, 4.69) is 177 Å². The number of para-hydroxylation sites is 2. The van der Waals surface area contributed by atoms with Gasteiger partial charge in [0.1, 0.15) is 22.3 Å². The number of aromatic nitrogens is 1. The van der Waals surface area contributed by atoms with Crippen LogP contribution in [0.1, 0.15) is 26.3 Å². The van der Waals surface area contributed by atoms with Crippen molar-refractivity contribution in [2.45, 2.75) is 26.2 Å².